The fourth-order valence-electron chi connectivity index (χ4n) is 1.70. The van der Waals surface area contributed by atoms with Crippen LogP contribution in [-0.4, -0.2) is 9.55 Å². The minimum absolute atomic E-state index is 0.0547. The molecule has 0 bridgehead atoms. The monoisotopic (exact) mass is 235 g/mol. The van der Waals surface area contributed by atoms with Crippen LogP contribution in [0.3, 0.4) is 0 Å². The van der Waals surface area contributed by atoms with Crippen molar-refractivity contribution < 1.29 is 0 Å². The molecule has 1 atom stereocenters. The molecule has 1 aromatic heterocycles. The molecule has 3 nitrogen and oxygen atoms in total. The molecular formula is C12H14ClN3. The average molecular weight is 236 g/mol. The zero-order valence-corrected chi connectivity index (χ0v) is 10.1. The molecule has 84 valence electrons. The molecule has 0 amide bonds. The van der Waals surface area contributed by atoms with E-state index in [4.69, 9.17) is 17.3 Å². The number of imidazole rings is 1. The highest BCUT2D eigenvalue weighted by molar-refractivity contribution is 6.31. The molecular weight excluding hydrogens is 222 g/mol. The number of aromatic nitrogens is 2. The Bertz CT molecular complexity index is 503. The number of rotatable bonds is 2. The summed E-state index contributed by atoms with van der Waals surface area (Å²) in [4.78, 5) is 4.13. The predicted octanol–water partition coefficient (Wildman–Crippen LogP) is 2.85. The summed E-state index contributed by atoms with van der Waals surface area (Å²) in [6, 6.07) is 5.76. The van der Waals surface area contributed by atoms with Crippen LogP contribution in [0.1, 0.15) is 24.2 Å². The molecule has 4 heteroatoms. The van der Waals surface area contributed by atoms with E-state index in [1.54, 1.807) is 12.5 Å². The first kappa shape index (κ1) is 11.2. The molecule has 1 heterocycles. The molecule has 0 aliphatic heterocycles. The molecule has 0 aliphatic rings. The van der Waals surface area contributed by atoms with Gasteiger partial charge in [-0.3, -0.25) is 0 Å². The van der Waals surface area contributed by atoms with Gasteiger partial charge in [-0.15, -0.1) is 0 Å². The maximum atomic E-state index is 6.10. The van der Waals surface area contributed by atoms with Gasteiger partial charge < -0.3 is 10.3 Å². The molecule has 2 rings (SSSR count). The summed E-state index contributed by atoms with van der Waals surface area (Å²) in [5, 5.41) is 0.752. The highest BCUT2D eigenvalue weighted by Crippen LogP contribution is 2.24. The average Bonchev–Trinajstić information content (AvgIpc) is 2.70. The number of hydrogen-bond acceptors (Lipinski definition) is 2. The topological polar surface area (TPSA) is 43.8 Å². The predicted molar refractivity (Wildman–Crippen MR) is 65.9 cm³/mol. The van der Waals surface area contributed by atoms with Gasteiger partial charge in [0, 0.05) is 11.1 Å². The van der Waals surface area contributed by atoms with Gasteiger partial charge in [-0.25, -0.2) is 4.98 Å². The second-order valence-electron chi connectivity index (χ2n) is 3.86. The Morgan fingerprint density at radius 3 is 2.88 bits per heavy atom. The van der Waals surface area contributed by atoms with Gasteiger partial charge in [0.15, 0.2) is 0 Å². The van der Waals surface area contributed by atoms with E-state index >= 15 is 0 Å². The van der Waals surface area contributed by atoms with Gasteiger partial charge in [0.05, 0.1) is 23.9 Å². The van der Waals surface area contributed by atoms with Crippen LogP contribution in [-0.2, 0) is 0 Å². The van der Waals surface area contributed by atoms with Crippen LogP contribution in [0.2, 0.25) is 5.02 Å². The zero-order valence-electron chi connectivity index (χ0n) is 9.31. The van der Waals surface area contributed by atoms with Gasteiger partial charge in [0.2, 0.25) is 0 Å². The molecule has 0 fully saturated rings. The van der Waals surface area contributed by atoms with Crippen molar-refractivity contribution in [1.29, 1.82) is 0 Å². The third-order valence-corrected chi connectivity index (χ3v) is 3.04. The van der Waals surface area contributed by atoms with Crippen LogP contribution in [0.5, 0.6) is 0 Å². The van der Waals surface area contributed by atoms with Crippen molar-refractivity contribution in [3.63, 3.8) is 0 Å². The van der Waals surface area contributed by atoms with E-state index in [9.17, 15) is 0 Å². The van der Waals surface area contributed by atoms with Gasteiger partial charge in [-0.05, 0) is 31.5 Å². The fraction of sp³-hybridized carbons (Fsp3) is 0.250. The minimum Gasteiger partial charge on any atom is -0.323 e. The highest BCUT2D eigenvalue weighted by Gasteiger charge is 2.11. The quantitative estimate of drug-likeness (QED) is 0.870. The molecule has 1 aromatic carbocycles. The van der Waals surface area contributed by atoms with Crippen LogP contribution < -0.4 is 5.73 Å². The summed E-state index contributed by atoms with van der Waals surface area (Å²) in [5.41, 5.74) is 8.92. The molecule has 0 aliphatic carbocycles. The first-order valence-electron chi connectivity index (χ1n) is 5.14. The number of nitrogens with two attached hydrogens (primary N) is 1. The Kier molecular flexibility index (Phi) is 2.99. The van der Waals surface area contributed by atoms with E-state index in [-0.39, 0.29) is 6.04 Å². The largest absolute Gasteiger partial charge is 0.323 e. The van der Waals surface area contributed by atoms with Gasteiger partial charge >= 0.3 is 0 Å². The maximum absolute atomic E-state index is 6.10. The standard InChI is InChI=1S/C12H14ClN3/c1-8-10(13)4-3-5-11(8)16-7-15-6-12(16)9(2)14/h3-7,9H,14H2,1-2H3. The van der Waals surface area contributed by atoms with Gasteiger partial charge in [0.25, 0.3) is 0 Å². The van der Waals surface area contributed by atoms with Gasteiger partial charge in [0.1, 0.15) is 0 Å². The number of nitrogens with zero attached hydrogens (tertiary/aromatic N) is 2. The minimum atomic E-state index is -0.0547. The van der Waals surface area contributed by atoms with E-state index in [2.05, 4.69) is 4.98 Å². The molecule has 2 N–H and O–H groups in total. The Morgan fingerprint density at radius 2 is 2.19 bits per heavy atom. The molecule has 0 radical (unpaired) electrons. The van der Waals surface area contributed by atoms with Gasteiger partial charge in [-0.1, -0.05) is 17.7 Å². The van der Waals surface area contributed by atoms with E-state index in [0.717, 1.165) is 22.0 Å². The zero-order chi connectivity index (χ0) is 11.7. The molecule has 1 unspecified atom stereocenters. The van der Waals surface area contributed by atoms with Crippen LogP contribution in [0, 0.1) is 6.92 Å². The van der Waals surface area contributed by atoms with E-state index in [1.165, 1.54) is 0 Å². The van der Waals surface area contributed by atoms with E-state index in [1.807, 2.05) is 36.6 Å². The Morgan fingerprint density at radius 1 is 1.44 bits per heavy atom. The third-order valence-electron chi connectivity index (χ3n) is 2.63. The first-order valence-corrected chi connectivity index (χ1v) is 5.52. The second kappa shape index (κ2) is 4.28. The van der Waals surface area contributed by atoms with Crippen LogP contribution in [0.15, 0.2) is 30.7 Å². The van der Waals surface area contributed by atoms with Crippen LogP contribution >= 0.6 is 11.6 Å². The van der Waals surface area contributed by atoms with Crippen molar-refractivity contribution in [2.24, 2.45) is 5.73 Å². The normalized spacial score (nSPS) is 12.8. The van der Waals surface area contributed by atoms with Crippen molar-refractivity contribution in [1.82, 2.24) is 9.55 Å². The smallest absolute Gasteiger partial charge is 0.0994 e. The van der Waals surface area contributed by atoms with Crippen molar-refractivity contribution >= 4 is 11.6 Å². The van der Waals surface area contributed by atoms with Crippen molar-refractivity contribution in [3.05, 3.63) is 47.0 Å². The van der Waals surface area contributed by atoms with Crippen molar-refractivity contribution in [3.8, 4) is 5.69 Å². The van der Waals surface area contributed by atoms with Crippen molar-refractivity contribution in [2.45, 2.75) is 19.9 Å². The lowest BCUT2D eigenvalue weighted by Gasteiger charge is -2.13. The van der Waals surface area contributed by atoms with Crippen molar-refractivity contribution in [2.75, 3.05) is 0 Å². The summed E-state index contributed by atoms with van der Waals surface area (Å²) >= 11 is 6.10. The Balaban J connectivity index is 2.59. The Hall–Kier alpha value is -1.32. The summed E-state index contributed by atoms with van der Waals surface area (Å²) in [5.74, 6) is 0. The summed E-state index contributed by atoms with van der Waals surface area (Å²) < 4.78 is 1.98. The first-order chi connectivity index (χ1) is 7.61. The lowest BCUT2D eigenvalue weighted by atomic mass is 10.2. The number of halogens is 1. The van der Waals surface area contributed by atoms with Crippen LogP contribution in [0.25, 0.3) is 5.69 Å². The lowest BCUT2D eigenvalue weighted by molar-refractivity contribution is 0.751. The number of benzene rings is 1. The SMILES string of the molecule is Cc1c(Cl)cccc1-n1cncc1C(C)N. The number of hydrogen-bond donors (Lipinski definition) is 1. The second-order valence-corrected chi connectivity index (χ2v) is 4.27. The van der Waals surface area contributed by atoms with Gasteiger partial charge in [-0.2, -0.15) is 0 Å². The molecule has 0 saturated carbocycles. The molecule has 2 aromatic rings. The van der Waals surface area contributed by atoms with E-state index in [0.29, 0.717) is 0 Å². The highest BCUT2D eigenvalue weighted by atomic mass is 35.5. The molecule has 0 saturated heterocycles. The Labute approximate surface area is 99.9 Å². The van der Waals surface area contributed by atoms with Crippen LogP contribution in [0.4, 0.5) is 0 Å². The van der Waals surface area contributed by atoms with E-state index < -0.39 is 0 Å². The lowest BCUT2D eigenvalue weighted by Crippen LogP contribution is -2.11. The molecule has 0 spiro atoms. The fourth-order valence-corrected chi connectivity index (χ4v) is 1.87. The summed E-state index contributed by atoms with van der Waals surface area (Å²) in [6.45, 7) is 3.93. The maximum Gasteiger partial charge on any atom is 0.0994 e. The molecule has 16 heavy (non-hydrogen) atoms. The summed E-state index contributed by atoms with van der Waals surface area (Å²) in [7, 11) is 0. The summed E-state index contributed by atoms with van der Waals surface area (Å²) in [6.07, 6.45) is 3.54. The third kappa shape index (κ3) is 1.84.